The summed E-state index contributed by atoms with van der Waals surface area (Å²) in [6.07, 6.45) is 16.5. The molecule has 9 aromatic heterocycles. The van der Waals surface area contributed by atoms with Gasteiger partial charge >= 0.3 is 6.03 Å². The van der Waals surface area contributed by atoms with Crippen molar-refractivity contribution >= 4 is 90.2 Å². The van der Waals surface area contributed by atoms with E-state index in [0.29, 0.717) is 63.1 Å². The molecule has 10 N–H and O–H groups in total. The zero-order valence-corrected chi connectivity index (χ0v) is 57.9. The van der Waals surface area contributed by atoms with Crippen LogP contribution in [0.1, 0.15) is 84.9 Å². The van der Waals surface area contributed by atoms with E-state index < -0.39 is 0 Å². The van der Waals surface area contributed by atoms with Crippen molar-refractivity contribution in [2.24, 2.45) is 0 Å². The molecule has 0 atom stereocenters. The fourth-order valence-electron chi connectivity index (χ4n) is 15.0. The third-order valence-electron chi connectivity index (χ3n) is 20.6. The second kappa shape index (κ2) is 28.9. The van der Waals surface area contributed by atoms with Crippen LogP contribution in [-0.4, -0.2) is 137 Å². The van der Waals surface area contributed by atoms with E-state index in [9.17, 15) is 18.8 Å². The Balaban J connectivity index is 0.000000121. The van der Waals surface area contributed by atoms with E-state index >= 15 is 0 Å². The average molecular weight is 1400 g/mol. The molecule has 12 heterocycles. The summed E-state index contributed by atoms with van der Waals surface area (Å²) in [5.41, 5.74) is 32.3. The average Bonchev–Trinajstić information content (AvgIpc) is 1.62. The number of benzene rings is 6. The Labute approximate surface area is 603 Å². The third kappa shape index (κ3) is 13.7. The SMILES string of the molecule is COc1ccc(CC(=O)N2CCC(c3nc(-c4cc5ccccc5[nH]4)c4c(N)nccn34)CC2)cc1.Nc1nccn2c(C3CCN(C(=O)Cc4ccc(F)cc4)CC3)nc(-c3cc4ccccc4[nH]3)c12.Nc1nccn2c(C3CCN(C(=O)Nc4ccccc4)CC3)nc(-c3cc4ccccc4[nH]3)c12. The number of anilines is 4. The van der Waals surface area contributed by atoms with Crippen molar-refractivity contribution in [3.05, 3.63) is 241 Å². The predicted molar refractivity (Wildman–Crippen MR) is 407 cm³/mol. The zero-order chi connectivity index (χ0) is 71.7. The second-order valence-corrected chi connectivity index (χ2v) is 27.1. The quantitative estimate of drug-likeness (QED) is 0.0599. The molecular formula is C81H78FN19O4. The summed E-state index contributed by atoms with van der Waals surface area (Å²) in [5.74, 6) is 5.56. The van der Waals surface area contributed by atoms with Crippen LogP contribution >= 0.6 is 0 Å². The normalized spacial score (nSPS) is 14.6. The first-order valence-electron chi connectivity index (χ1n) is 35.5. The standard InChI is InChI=1S/C28H28N6O2.C27H25FN6O.C26H25N7O/c1-36-21-8-6-18(7-9-21)16-24(35)33-13-10-19(11-14-33)28-32-25(26-27(29)30-12-15-34(26)28)23-17-20-4-2-3-5-22(20)31-23;28-20-7-5-17(6-8-20)15-23(35)33-12-9-18(10-13-33)27-32-24(25-26(29)30-11-14-34(25)27)22-16-19-3-1-2-4-21(19)31-22;27-24-23-22(21-16-18-6-4-5-9-20(18)30-21)31-25(33(23)15-12-28-24)17-10-13-32(14-11-17)26(34)29-19-7-2-1-3-8-19/h2-9,12,15,17,19,31H,10-11,13-14,16H2,1H3,(H2,29,30);1-8,11,14,16,18,31H,9-10,12-13,15H2,(H2,29,30);1-9,12,15-17,30H,10-11,13-14H2,(H2,27,28)(H,29,34). The second-order valence-electron chi connectivity index (χ2n) is 27.1. The van der Waals surface area contributed by atoms with Crippen LogP contribution in [0.4, 0.5) is 32.3 Å². The molecule has 528 valence electrons. The number of halogens is 1. The lowest BCUT2D eigenvalue weighted by Gasteiger charge is -2.31. The molecule has 3 aliphatic heterocycles. The van der Waals surface area contributed by atoms with Gasteiger partial charge in [0.15, 0.2) is 0 Å². The van der Waals surface area contributed by atoms with E-state index in [1.165, 1.54) is 12.1 Å². The molecule has 0 spiro atoms. The van der Waals surface area contributed by atoms with Crippen molar-refractivity contribution in [1.82, 2.24) is 72.8 Å². The number of piperidine rings is 3. The molecule has 3 saturated heterocycles. The summed E-state index contributed by atoms with van der Waals surface area (Å²) in [7, 11) is 1.64. The zero-order valence-electron chi connectivity index (χ0n) is 57.9. The number of nitrogens with zero attached hydrogens (tertiary/aromatic N) is 12. The van der Waals surface area contributed by atoms with Crippen molar-refractivity contribution in [3.63, 3.8) is 0 Å². The van der Waals surface area contributed by atoms with Gasteiger partial charge in [-0.05, 0) is 122 Å². The molecule has 3 fully saturated rings. The largest absolute Gasteiger partial charge is 0.497 e. The fraction of sp³-hybridized carbons (Fsp3) is 0.222. The van der Waals surface area contributed by atoms with Gasteiger partial charge in [0.2, 0.25) is 11.8 Å². The summed E-state index contributed by atoms with van der Waals surface area (Å²) in [6.45, 7) is 4.05. The van der Waals surface area contributed by atoms with Gasteiger partial charge in [0.1, 0.15) is 80.1 Å². The van der Waals surface area contributed by atoms with E-state index in [1.807, 2.05) is 135 Å². The molecule has 0 bridgehead atoms. The minimum Gasteiger partial charge on any atom is -0.497 e. The van der Waals surface area contributed by atoms with Crippen LogP contribution in [-0.2, 0) is 22.4 Å². The first kappa shape index (κ1) is 66.7. The maximum absolute atomic E-state index is 13.2. The first-order valence-corrected chi connectivity index (χ1v) is 35.5. The van der Waals surface area contributed by atoms with Crippen LogP contribution in [0.25, 0.3) is 83.4 Å². The fourth-order valence-corrected chi connectivity index (χ4v) is 15.0. The Morgan fingerprint density at radius 3 is 1.16 bits per heavy atom. The molecule has 0 saturated carbocycles. The van der Waals surface area contributed by atoms with Crippen LogP contribution in [0.2, 0.25) is 0 Å². The van der Waals surface area contributed by atoms with Gasteiger partial charge in [-0.2, -0.15) is 0 Å². The monoisotopic (exact) mass is 1400 g/mol. The molecule has 0 aliphatic carbocycles. The number of hydrogen-bond donors (Lipinski definition) is 7. The van der Waals surface area contributed by atoms with Crippen molar-refractivity contribution in [2.75, 3.05) is 68.9 Å². The third-order valence-corrected chi connectivity index (χ3v) is 20.6. The molecule has 6 aromatic carbocycles. The van der Waals surface area contributed by atoms with Crippen molar-refractivity contribution in [2.45, 2.75) is 69.1 Å². The highest BCUT2D eigenvalue weighted by Crippen LogP contribution is 2.40. The number of aromatic nitrogens is 12. The Morgan fingerprint density at radius 1 is 0.457 bits per heavy atom. The predicted octanol–water partition coefficient (Wildman–Crippen LogP) is 13.8. The number of nitrogens with two attached hydrogens (primary N) is 3. The van der Waals surface area contributed by atoms with Gasteiger partial charge in [0.05, 0.1) is 37.0 Å². The maximum Gasteiger partial charge on any atom is 0.321 e. The molecule has 23 nitrogen and oxygen atoms in total. The number of rotatable bonds is 12. The number of carbonyl (C=O) groups excluding carboxylic acids is 3. The van der Waals surface area contributed by atoms with E-state index in [-0.39, 0.29) is 47.8 Å². The summed E-state index contributed by atoms with van der Waals surface area (Å²) in [4.78, 5) is 82.8. The number of methoxy groups -OCH3 is 1. The Morgan fingerprint density at radius 2 is 0.800 bits per heavy atom. The summed E-state index contributed by atoms with van der Waals surface area (Å²) in [5, 5.41) is 6.34. The number of likely N-dealkylation sites (tertiary alicyclic amines) is 3. The highest BCUT2D eigenvalue weighted by Gasteiger charge is 2.33. The number of imidazole rings is 3. The summed E-state index contributed by atoms with van der Waals surface area (Å²) < 4.78 is 24.6. The van der Waals surface area contributed by atoms with Crippen molar-refractivity contribution in [1.29, 1.82) is 0 Å². The number of ether oxygens (including phenoxy) is 1. The van der Waals surface area contributed by atoms with E-state index in [1.54, 1.807) is 37.8 Å². The number of nitrogen functional groups attached to an aromatic ring is 3. The van der Waals surface area contributed by atoms with Crippen LogP contribution in [0, 0.1) is 5.82 Å². The highest BCUT2D eigenvalue weighted by molar-refractivity contribution is 5.95. The molecule has 18 rings (SSSR count). The molecule has 4 amide bonds. The van der Waals surface area contributed by atoms with Gasteiger partial charge < -0.3 is 56.9 Å². The number of fused-ring (bicyclic) bond motifs is 6. The number of hydrogen-bond acceptors (Lipinski definition) is 13. The summed E-state index contributed by atoms with van der Waals surface area (Å²) >= 11 is 0. The maximum atomic E-state index is 13.2. The molecule has 15 aromatic rings. The van der Waals surface area contributed by atoms with Gasteiger partial charge in [-0.15, -0.1) is 0 Å². The van der Waals surface area contributed by atoms with Crippen LogP contribution in [0.15, 0.2) is 207 Å². The minimum atomic E-state index is -0.295. The number of H-pyrrole nitrogens is 3. The number of nitrogens with one attached hydrogen (secondary N) is 4. The van der Waals surface area contributed by atoms with Gasteiger partial charge in [0, 0.05) is 133 Å². The summed E-state index contributed by atoms with van der Waals surface area (Å²) in [6, 6.07) is 54.0. The number of carbonyl (C=O) groups is 3. The Bertz CT molecular complexity index is 5560. The van der Waals surface area contributed by atoms with Crippen LogP contribution < -0.4 is 27.3 Å². The smallest absolute Gasteiger partial charge is 0.321 e. The Kier molecular flexibility index (Phi) is 18.3. The van der Waals surface area contributed by atoms with E-state index in [2.05, 4.69) is 92.6 Å². The van der Waals surface area contributed by atoms with Crippen LogP contribution in [0.3, 0.4) is 0 Å². The van der Waals surface area contributed by atoms with E-state index in [0.717, 1.165) is 162 Å². The first-order chi connectivity index (χ1) is 51.3. The number of amides is 4. The number of urea groups is 1. The van der Waals surface area contributed by atoms with Gasteiger partial charge in [-0.1, -0.05) is 97.1 Å². The molecule has 105 heavy (non-hydrogen) atoms. The highest BCUT2D eigenvalue weighted by atomic mass is 19.1. The topological polar surface area (TPSA) is 298 Å². The number of aromatic amines is 3. The lowest BCUT2D eigenvalue weighted by molar-refractivity contribution is -0.132. The lowest BCUT2D eigenvalue weighted by Crippen LogP contribution is -2.40. The number of para-hydroxylation sites is 4. The van der Waals surface area contributed by atoms with Gasteiger partial charge in [-0.3, -0.25) is 22.8 Å². The van der Waals surface area contributed by atoms with Crippen LogP contribution in [0.5, 0.6) is 5.75 Å². The molecule has 24 heteroatoms. The lowest BCUT2D eigenvalue weighted by atomic mass is 9.95. The van der Waals surface area contributed by atoms with Crippen molar-refractivity contribution < 1.29 is 23.5 Å². The Hall–Kier alpha value is -12.9. The van der Waals surface area contributed by atoms with Gasteiger partial charge in [0.25, 0.3) is 0 Å². The van der Waals surface area contributed by atoms with Crippen molar-refractivity contribution in [3.8, 4) is 39.9 Å². The molecule has 0 unspecified atom stereocenters. The van der Waals surface area contributed by atoms with E-state index in [4.69, 9.17) is 36.9 Å². The molecule has 0 radical (unpaired) electrons. The molecular weight excluding hydrogens is 1320 g/mol. The molecule has 3 aliphatic rings. The van der Waals surface area contributed by atoms with Gasteiger partial charge in [-0.25, -0.2) is 39.1 Å². The minimum absolute atomic E-state index is 0.0650.